The van der Waals surface area contributed by atoms with E-state index in [1.165, 1.54) is 4.68 Å². The van der Waals surface area contributed by atoms with Crippen LogP contribution in [0.1, 0.15) is 35.9 Å². The minimum absolute atomic E-state index is 0.0494. The molecule has 0 radical (unpaired) electrons. The number of carbonyl (C=O) groups excluding carboxylic acids is 1. The topological polar surface area (TPSA) is 84.4 Å². The molecule has 6 heteroatoms. The lowest BCUT2D eigenvalue weighted by atomic mass is 10.2. The molecule has 0 aliphatic heterocycles. The SMILES string of the molecule is CCCCN(CCO)C(=O)c1c(N)c(C)nn1C. The zero-order valence-corrected chi connectivity index (χ0v) is 11.3. The van der Waals surface area contributed by atoms with Crippen molar-refractivity contribution in [3.8, 4) is 0 Å². The van der Waals surface area contributed by atoms with Gasteiger partial charge in [0.2, 0.25) is 0 Å². The van der Waals surface area contributed by atoms with Gasteiger partial charge in [0.05, 0.1) is 18.0 Å². The summed E-state index contributed by atoms with van der Waals surface area (Å²) in [6.07, 6.45) is 1.90. The van der Waals surface area contributed by atoms with Gasteiger partial charge in [0.25, 0.3) is 5.91 Å². The van der Waals surface area contributed by atoms with Crippen molar-refractivity contribution in [1.82, 2.24) is 14.7 Å². The van der Waals surface area contributed by atoms with E-state index in [4.69, 9.17) is 10.8 Å². The Morgan fingerprint density at radius 2 is 2.17 bits per heavy atom. The van der Waals surface area contributed by atoms with Gasteiger partial charge in [0.15, 0.2) is 0 Å². The average molecular weight is 254 g/mol. The van der Waals surface area contributed by atoms with Crippen molar-refractivity contribution in [3.63, 3.8) is 0 Å². The van der Waals surface area contributed by atoms with Gasteiger partial charge in [-0.25, -0.2) is 0 Å². The molecule has 1 rings (SSSR count). The van der Waals surface area contributed by atoms with E-state index in [9.17, 15) is 4.79 Å². The maximum atomic E-state index is 12.4. The number of unbranched alkanes of at least 4 members (excludes halogenated alkanes) is 1. The number of carbonyl (C=O) groups is 1. The number of hydrogen-bond acceptors (Lipinski definition) is 4. The maximum absolute atomic E-state index is 12.4. The van der Waals surface area contributed by atoms with E-state index in [1.807, 2.05) is 0 Å². The van der Waals surface area contributed by atoms with Gasteiger partial charge in [-0.1, -0.05) is 13.3 Å². The first-order valence-corrected chi connectivity index (χ1v) is 6.22. The van der Waals surface area contributed by atoms with Crippen molar-refractivity contribution in [2.45, 2.75) is 26.7 Å². The number of aliphatic hydroxyl groups excluding tert-OH is 1. The molecule has 102 valence electrons. The number of aryl methyl sites for hydroxylation is 2. The summed E-state index contributed by atoms with van der Waals surface area (Å²) in [6.45, 7) is 4.73. The van der Waals surface area contributed by atoms with E-state index in [0.29, 0.717) is 30.2 Å². The molecule has 1 heterocycles. The molecule has 0 aromatic carbocycles. The van der Waals surface area contributed by atoms with E-state index < -0.39 is 0 Å². The predicted molar refractivity (Wildman–Crippen MR) is 70.3 cm³/mol. The quantitative estimate of drug-likeness (QED) is 0.776. The van der Waals surface area contributed by atoms with E-state index >= 15 is 0 Å². The van der Waals surface area contributed by atoms with Gasteiger partial charge in [0, 0.05) is 20.1 Å². The summed E-state index contributed by atoms with van der Waals surface area (Å²) in [5.41, 5.74) is 7.35. The molecular formula is C12H22N4O2. The lowest BCUT2D eigenvalue weighted by molar-refractivity contribution is 0.0709. The van der Waals surface area contributed by atoms with Gasteiger partial charge in [0.1, 0.15) is 5.69 Å². The van der Waals surface area contributed by atoms with Gasteiger partial charge in [-0.05, 0) is 13.3 Å². The van der Waals surface area contributed by atoms with Crippen LogP contribution >= 0.6 is 0 Å². The first-order valence-electron chi connectivity index (χ1n) is 6.22. The summed E-state index contributed by atoms with van der Waals surface area (Å²) in [4.78, 5) is 14.0. The lowest BCUT2D eigenvalue weighted by Gasteiger charge is -2.21. The predicted octanol–water partition coefficient (Wildman–Crippen LogP) is 0.545. The van der Waals surface area contributed by atoms with E-state index in [-0.39, 0.29) is 12.5 Å². The number of aromatic nitrogens is 2. The largest absolute Gasteiger partial charge is 0.395 e. The molecule has 0 spiro atoms. The fraction of sp³-hybridized carbons (Fsp3) is 0.667. The third kappa shape index (κ3) is 3.01. The highest BCUT2D eigenvalue weighted by molar-refractivity contribution is 5.98. The number of amides is 1. The van der Waals surface area contributed by atoms with Crippen LogP contribution in [-0.4, -0.2) is 45.4 Å². The fourth-order valence-corrected chi connectivity index (χ4v) is 1.86. The Morgan fingerprint density at radius 1 is 1.50 bits per heavy atom. The van der Waals surface area contributed by atoms with Crippen LogP contribution in [0.3, 0.4) is 0 Å². The second-order valence-corrected chi connectivity index (χ2v) is 4.34. The molecule has 6 nitrogen and oxygen atoms in total. The number of anilines is 1. The molecule has 0 atom stereocenters. The number of nitrogen functional groups attached to an aromatic ring is 1. The molecule has 0 aliphatic rings. The Kier molecular flexibility index (Phi) is 5.15. The standard InChI is InChI=1S/C12H22N4O2/c1-4-5-6-16(7-8-17)12(18)11-10(13)9(2)14-15(11)3/h17H,4-8,13H2,1-3H3. The van der Waals surface area contributed by atoms with Crippen molar-refractivity contribution >= 4 is 11.6 Å². The Labute approximate surface area is 107 Å². The molecule has 0 saturated carbocycles. The molecule has 0 bridgehead atoms. The fourth-order valence-electron chi connectivity index (χ4n) is 1.86. The third-order valence-corrected chi connectivity index (χ3v) is 2.91. The monoisotopic (exact) mass is 254 g/mol. The molecule has 0 saturated heterocycles. The smallest absolute Gasteiger partial charge is 0.274 e. The maximum Gasteiger partial charge on any atom is 0.274 e. The molecule has 0 unspecified atom stereocenters. The minimum Gasteiger partial charge on any atom is -0.395 e. The normalized spacial score (nSPS) is 10.7. The molecular weight excluding hydrogens is 232 g/mol. The van der Waals surface area contributed by atoms with Crippen molar-refractivity contribution < 1.29 is 9.90 Å². The van der Waals surface area contributed by atoms with Gasteiger partial charge >= 0.3 is 0 Å². The molecule has 1 aromatic heterocycles. The van der Waals surface area contributed by atoms with E-state index in [1.54, 1.807) is 18.9 Å². The van der Waals surface area contributed by atoms with Gasteiger partial charge < -0.3 is 15.7 Å². The Hall–Kier alpha value is -1.56. The molecule has 0 aliphatic carbocycles. The van der Waals surface area contributed by atoms with Gasteiger partial charge in [-0.15, -0.1) is 0 Å². The molecule has 0 fully saturated rings. The van der Waals surface area contributed by atoms with Crippen LogP contribution in [0.5, 0.6) is 0 Å². The molecule has 1 aromatic rings. The number of hydrogen-bond donors (Lipinski definition) is 2. The van der Waals surface area contributed by atoms with Crippen LogP contribution in [0.25, 0.3) is 0 Å². The van der Waals surface area contributed by atoms with Gasteiger partial charge in [-0.3, -0.25) is 9.48 Å². The lowest BCUT2D eigenvalue weighted by Crippen LogP contribution is -2.36. The molecule has 1 amide bonds. The number of nitrogens with two attached hydrogens (primary N) is 1. The summed E-state index contributed by atoms with van der Waals surface area (Å²) in [7, 11) is 1.70. The van der Waals surface area contributed by atoms with Crippen LogP contribution in [0.2, 0.25) is 0 Å². The Morgan fingerprint density at radius 3 is 2.61 bits per heavy atom. The Balaban J connectivity index is 2.94. The number of aliphatic hydroxyl groups is 1. The summed E-state index contributed by atoms with van der Waals surface area (Å²) in [5, 5.41) is 13.2. The summed E-state index contributed by atoms with van der Waals surface area (Å²) in [6, 6.07) is 0. The highest BCUT2D eigenvalue weighted by Gasteiger charge is 2.22. The van der Waals surface area contributed by atoms with Crippen LogP contribution in [0, 0.1) is 6.92 Å². The highest BCUT2D eigenvalue weighted by atomic mass is 16.3. The summed E-state index contributed by atoms with van der Waals surface area (Å²) < 4.78 is 1.50. The first kappa shape index (κ1) is 14.5. The second kappa shape index (κ2) is 6.39. The van der Waals surface area contributed by atoms with Crippen molar-refractivity contribution in [2.24, 2.45) is 7.05 Å². The van der Waals surface area contributed by atoms with Crippen LogP contribution < -0.4 is 5.73 Å². The van der Waals surface area contributed by atoms with E-state index in [0.717, 1.165) is 12.8 Å². The average Bonchev–Trinajstić information content (AvgIpc) is 2.58. The zero-order chi connectivity index (χ0) is 13.7. The van der Waals surface area contributed by atoms with Crippen molar-refractivity contribution in [3.05, 3.63) is 11.4 Å². The second-order valence-electron chi connectivity index (χ2n) is 4.34. The zero-order valence-electron chi connectivity index (χ0n) is 11.3. The Bertz CT molecular complexity index is 414. The number of rotatable bonds is 6. The van der Waals surface area contributed by atoms with Crippen molar-refractivity contribution in [2.75, 3.05) is 25.4 Å². The van der Waals surface area contributed by atoms with Crippen molar-refractivity contribution in [1.29, 1.82) is 0 Å². The minimum atomic E-state index is -0.168. The summed E-state index contributed by atoms with van der Waals surface area (Å²) in [5.74, 6) is -0.168. The number of nitrogens with zero attached hydrogens (tertiary/aromatic N) is 3. The molecule has 3 N–H and O–H groups in total. The van der Waals surface area contributed by atoms with E-state index in [2.05, 4.69) is 12.0 Å². The summed E-state index contributed by atoms with van der Waals surface area (Å²) >= 11 is 0. The van der Waals surface area contributed by atoms with Crippen LogP contribution in [0.15, 0.2) is 0 Å². The molecule has 18 heavy (non-hydrogen) atoms. The van der Waals surface area contributed by atoms with Gasteiger partial charge in [-0.2, -0.15) is 5.10 Å². The third-order valence-electron chi connectivity index (χ3n) is 2.91. The van der Waals surface area contributed by atoms with Crippen LogP contribution in [0.4, 0.5) is 5.69 Å². The van der Waals surface area contributed by atoms with Crippen LogP contribution in [-0.2, 0) is 7.05 Å². The first-order chi connectivity index (χ1) is 8.52. The highest BCUT2D eigenvalue weighted by Crippen LogP contribution is 2.17.